The monoisotopic (exact) mass is 300 g/mol. The van der Waals surface area contributed by atoms with E-state index in [9.17, 15) is 9.18 Å². The molecule has 1 heterocycles. The van der Waals surface area contributed by atoms with Crippen molar-refractivity contribution in [2.45, 2.75) is 18.3 Å². The maximum Gasteiger partial charge on any atom is 0.230 e. The van der Waals surface area contributed by atoms with Crippen LogP contribution in [0.5, 0.6) is 0 Å². The van der Waals surface area contributed by atoms with Crippen molar-refractivity contribution in [2.24, 2.45) is 0 Å². The summed E-state index contributed by atoms with van der Waals surface area (Å²) >= 11 is 0. The van der Waals surface area contributed by atoms with Crippen LogP contribution in [0.25, 0.3) is 0 Å². The maximum atomic E-state index is 13.0. The first-order chi connectivity index (χ1) is 10.7. The second-order valence-corrected chi connectivity index (χ2v) is 5.34. The lowest BCUT2D eigenvalue weighted by molar-refractivity contribution is -0.123. The van der Waals surface area contributed by atoms with Crippen molar-refractivity contribution >= 4 is 11.9 Å². The molecule has 0 aliphatic heterocycles. The number of nitrogens with zero attached hydrogens (tertiary/aromatic N) is 2. The molecule has 6 heteroatoms. The van der Waals surface area contributed by atoms with Gasteiger partial charge in [-0.3, -0.25) is 4.79 Å². The molecule has 0 atom stereocenters. The molecule has 2 N–H and O–H groups in total. The highest BCUT2D eigenvalue weighted by Crippen LogP contribution is 2.48. The van der Waals surface area contributed by atoms with Gasteiger partial charge in [0.15, 0.2) is 0 Å². The van der Waals surface area contributed by atoms with E-state index in [2.05, 4.69) is 20.6 Å². The third kappa shape index (κ3) is 3.05. The van der Waals surface area contributed by atoms with Gasteiger partial charge in [-0.25, -0.2) is 14.4 Å². The molecule has 22 heavy (non-hydrogen) atoms. The zero-order valence-corrected chi connectivity index (χ0v) is 12.1. The predicted molar refractivity (Wildman–Crippen MR) is 80.8 cm³/mol. The Labute approximate surface area is 128 Å². The van der Waals surface area contributed by atoms with Crippen molar-refractivity contribution in [2.75, 3.05) is 18.4 Å². The summed E-state index contributed by atoms with van der Waals surface area (Å²) in [6.07, 6.45) is 4.92. The van der Waals surface area contributed by atoms with E-state index in [1.807, 2.05) is 0 Å². The molecule has 1 fully saturated rings. The molecule has 0 saturated heterocycles. The Balaban J connectivity index is 1.51. The van der Waals surface area contributed by atoms with Crippen LogP contribution in [0.4, 0.5) is 10.3 Å². The zero-order valence-electron chi connectivity index (χ0n) is 12.1. The number of aromatic nitrogens is 2. The quantitative estimate of drug-likeness (QED) is 0.799. The van der Waals surface area contributed by atoms with E-state index in [4.69, 9.17) is 0 Å². The van der Waals surface area contributed by atoms with E-state index in [0.717, 1.165) is 18.4 Å². The fourth-order valence-electron chi connectivity index (χ4n) is 2.45. The first-order valence-electron chi connectivity index (χ1n) is 7.26. The first kappa shape index (κ1) is 14.4. The number of carbonyl (C=O) groups excluding carboxylic acids is 1. The summed E-state index contributed by atoms with van der Waals surface area (Å²) < 4.78 is 13.0. The van der Waals surface area contributed by atoms with Gasteiger partial charge in [0.05, 0.1) is 5.41 Å². The van der Waals surface area contributed by atoms with E-state index in [1.165, 1.54) is 12.1 Å². The van der Waals surface area contributed by atoms with Crippen LogP contribution in [0.2, 0.25) is 0 Å². The Kier molecular flexibility index (Phi) is 4.00. The summed E-state index contributed by atoms with van der Waals surface area (Å²) in [4.78, 5) is 20.4. The minimum atomic E-state index is -0.475. The number of benzene rings is 1. The number of hydrogen-bond donors (Lipinski definition) is 2. The van der Waals surface area contributed by atoms with E-state index >= 15 is 0 Å². The largest absolute Gasteiger partial charge is 0.354 e. The molecule has 3 rings (SSSR count). The van der Waals surface area contributed by atoms with Crippen LogP contribution in [-0.2, 0) is 10.2 Å². The minimum absolute atomic E-state index is 0.00473. The van der Waals surface area contributed by atoms with Crippen molar-refractivity contribution in [3.63, 3.8) is 0 Å². The van der Waals surface area contributed by atoms with E-state index in [1.54, 1.807) is 30.6 Å². The molecule has 2 aromatic rings. The van der Waals surface area contributed by atoms with Gasteiger partial charge in [0.1, 0.15) is 5.82 Å². The molecule has 1 aromatic heterocycles. The van der Waals surface area contributed by atoms with Crippen LogP contribution in [0.15, 0.2) is 42.7 Å². The Morgan fingerprint density at radius 3 is 2.45 bits per heavy atom. The second-order valence-electron chi connectivity index (χ2n) is 5.34. The molecule has 1 saturated carbocycles. The lowest BCUT2D eigenvalue weighted by Crippen LogP contribution is -2.37. The number of hydrogen-bond acceptors (Lipinski definition) is 4. The fourth-order valence-corrected chi connectivity index (χ4v) is 2.45. The van der Waals surface area contributed by atoms with E-state index in [-0.39, 0.29) is 11.7 Å². The van der Waals surface area contributed by atoms with Gasteiger partial charge in [0, 0.05) is 25.5 Å². The number of anilines is 1. The number of rotatable bonds is 6. The van der Waals surface area contributed by atoms with Gasteiger partial charge in [-0.05, 0) is 36.6 Å². The Hall–Kier alpha value is -2.50. The highest BCUT2D eigenvalue weighted by Gasteiger charge is 2.50. The highest BCUT2D eigenvalue weighted by molar-refractivity contribution is 5.91. The molecular weight excluding hydrogens is 283 g/mol. The minimum Gasteiger partial charge on any atom is -0.354 e. The summed E-state index contributed by atoms with van der Waals surface area (Å²) in [5.41, 5.74) is 0.405. The normalized spacial score (nSPS) is 15.1. The SMILES string of the molecule is O=C(NCCNc1ncccn1)C1(c2ccc(F)cc2)CC1. The van der Waals surface area contributed by atoms with Crippen molar-refractivity contribution in [3.8, 4) is 0 Å². The summed E-state index contributed by atoms with van der Waals surface area (Å²) in [6.45, 7) is 1.04. The lowest BCUT2D eigenvalue weighted by Gasteiger charge is -2.16. The van der Waals surface area contributed by atoms with Crippen LogP contribution >= 0.6 is 0 Å². The molecule has 1 aromatic carbocycles. The Morgan fingerprint density at radius 2 is 1.82 bits per heavy atom. The van der Waals surface area contributed by atoms with Crippen molar-refractivity contribution in [3.05, 3.63) is 54.1 Å². The smallest absolute Gasteiger partial charge is 0.230 e. The number of amides is 1. The highest BCUT2D eigenvalue weighted by atomic mass is 19.1. The summed E-state index contributed by atoms with van der Waals surface area (Å²) in [7, 11) is 0. The summed E-state index contributed by atoms with van der Waals surface area (Å²) in [5.74, 6) is 0.248. The molecule has 5 nitrogen and oxygen atoms in total. The standard InChI is InChI=1S/C16H17FN4O/c17-13-4-2-12(3-5-13)16(6-7-16)14(22)18-10-11-21-15-19-8-1-9-20-15/h1-5,8-9H,6-7,10-11H2,(H,18,22)(H,19,20,21). The van der Waals surface area contributed by atoms with Crippen molar-refractivity contribution in [1.82, 2.24) is 15.3 Å². The average molecular weight is 300 g/mol. The van der Waals surface area contributed by atoms with E-state index in [0.29, 0.717) is 19.0 Å². The predicted octanol–water partition coefficient (Wildman–Crippen LogP) is 1.88. The van der Waals surface area contributed by atoms with Gasteiger partial charge >= 0.3 is 0 Å². The third-order valence-electron chi connectivity index (χ3n) is 3.84. The van der Waals surface area contributed by atoms with Gasteiger partial charge in [0.25, 0.3) is 0 Å². The van der Waals surface area contributed by atoms with E-state index < -0.39 is 5.41 Å². The Morgan fingerprint density at radius 1 is 1.14 bits per heavy atom. The van der Waals surface area contributed by atoms with Crippen LogP contribution in [0.1, 0.15) is 18.4 Å². The van der Waals surface area contributed by atoms with Gasteiger partial charge in [-0.1, -0.05) is 12.1 Å². The van der Waals surface area contributed by atoms with Crippen molar-refractivity contribution in [1.29, 1.82) is 0 Å². The summed E-state index contributed by atoms with van der Waals surface area (Å²) in [5, 5.41) is 5.95. The molecule has 0 unspecified atom stereocenters. The summed E-state index contributed by atoms with van der Waals surface area (Å²) in [6, 6.07) is 7.93. The first-order valence-corrected chi connectivity index (χ1v) is 7.26. The van der Waals surface area contributed by atoms with Gasteiger partial charge < -0.3 is 10.6 Å². The molecule has 114 valence electrons. The Bertz CT molecular complexity index is 641. The number of halogens is 1. The van der Waals surface area contributed by atoms with Crippen LogP contribution in [-0.4, -0.2) is 29.0 Å². The number of carbonyl (C=O) groups is 1. The molecule has 1 aliphatic rings. The van der Waals surface area contributed by atoms with Crippen molar-refractivity contribution < 1.29 is 9.18 Å². The molecule has 0 bridgehead atoms. The maximum absolute atomic E-state index is 13.0. The third-order valence-corrected chi connectivity index (χ3v) is 3.84. The lowest BCUT2D eigenvalue weighted by atomic mass is 9.95. The second kappa shape index (κ2) is 6.09. The average Bonchev–Trinajstić information content (AvgIpc) is 3.35. The van der Waals surface area contributed by atoms with Crippen LogP contribution in [0, 0.1) is 5.82 Å². The topological polar surface area (TPSA) is 66.9 Å². The van der Waals surface area contributed by atoms with Gasteiger partial charge in [0.2, 0.25) is 11.9 Å². The van der Waals surface area contributed by atoms with Crippen LogP contribution in [0.3, 0.4) is 0 Å². The fraction of sp³-hybridized carbons (Fsp3) is 0.312. The zero-order chi connectivity index (χ0) is 15.4. The molecule has 1 aliphatic carbocycles. The molecule has 1 amide bonds. The number of nitrogens with one attached hydrogen (secondary N) is 2. The van der Waals surface area contributed by atoms with Gasteiger partial charge in [-0.2, -0.15) is 0 Å². The van der Waals surface area contributed by atoms with Crippen LogP contribution < -0.4 is 10.6 Å². The molecule has 0 spiro atoms. The molecule has 0 radical (unpaired) electrons. The van der Waals surface area contributed by atoms with Gasteiger partial charge in [-0.15, -0.1) is 0 Å². The molecular formula is C16H17FN4O.